The van der Waals surface area contributed by atoms with Crippen molar-refractivity contribution in [3.05, 3.63) is 57.5 Å². The first-order chi connectivity index (χ1) is 11.0. The van der Waals surface area contributed by atoms with Crippen molar-refractivity contribution in [3.63, 3.8) is 0 Å². The average molecular weight is 337 g/mol. The van der Waals surface area contributed by atoms with Gasteiger partial charge in [0.15, 0.2) is 5.16 Å². The molecule has 3 rings (SSSR count). The SMILES string of the molecule is CC(NC(=O)c1cnc2n(c1=O)CCS2)c1cc(F)ccc1F. The smallest absolute Gasteiger partial charge is 0.267 e. The number of benzene rings is 1. The van der Waals surface area contributed by atoms with Gasteiger partial charge in [0.25, 0.3) is 11.5 Å². The van der Waals surface area contributed by atoms with Crippen LogP contribution in [0.1, 0.15) is 28.9 Å². The van der Waals surface area contributed by atoms with Crippen LogP contribution in [0.5, 0.6) is 0 Å². The molecule has 1 aliphatic heterocycles. The molecule has 0 aliphatic carbocycles. The van der Waals surface area contributed by atoms with Crippen LogP contribution in [-0.4, -0.2) is 21.2 Å². The Morgan fingerprint density at radius 1 is 1.43 bits per heavy atom. The standard InChI is InChI=1S/C15H13F2N3O2S/c1-8(10-6-9(16)2-3-12(10)17)19-13(21)11-7-18-15-20(14(11)22)4-5-23-15/h2-3,6-8H,4-5H2,1H3,(H,19,21). The second-order valence-corrected chi connectivity index (χ2v) is 6.18. The van der Waals surface area contributed by atoms with Gasteiger partial charge in [-0.25, -0.2) is 13.8 Å². The largest absolute Gasteiger partial charge is 0.345 e. The Bertz CT molecular complexity index is 838. The van der Waals surface area contributed by atoms with Gasteiger partial charge in [-0.3, -0.25) is 14.2 Å². The van der Waals surface area contributed by atoms with E-state index in [0.717, 1.165) is 24.0 Å². The molecule has 0 spiro atoms. The van der Waals surface area contributed by atoms with E-state index in [4.69, 9.17) is 0 Å². The summed E-state index contributed by atoms with van der Waals surface area (Å²) in [5, 5.41) is 3.09. The number of nitrogens with zero attached hydrogens (tertiary/aromatic N) is 2. The van der Waals surface area contributed by atoms with Gasteiger partial charge in [0.1, 0.15) is 17.2 Å². The molecule has 8 heteroatoms. The summed E-state index contributed by atoms with van der Waals surface area (Å²) in [6.07, 6.45) is 1.22. The lowest BCUT2D eigenvalue weighted by molar-refractivity contribution is 0.0936. The summed E-state index contributed by atoms with van der Waals surface area (Å²) in [4.78, 5) is 28.6. The fourth-order valence-corrected chi connectivity index (χ4v) is 3.29. The first-order valence-corrected chi connectivity index (χ1v) is 7.94. The number of amides is 1. The van der Waals surface area contributed by atoms with E-state index in [-0.39, 0.29) is 11.1 Å². The zero-order valence-electron chi connectivity index (χ0n) is 12.2. The van der Waals surface area contributed by atoms with Crippen LogP contribution in [0.4, 0.5) is 8.78 Å². The number of carbonyl (C=O) groups is 1. The minimum absolute atomic E-state index is 0.0168. The van der Waals surface area contributed by atoms with Gasteiger partial charge < -0.3 is 5.32 Å². The summed E-state index contributed by atoms with van der Waals surface area (Å²) in [5.74, 6) is -1.15. The Morgan fingerprint density at radius 3 is 3.00 bits per heavy atom. The summed E-state index contributed by atoms with van der Waals surface area (Å²) < 4.78 is 28.4. The molecule has 0 saturated heterocycles. The molecule has 1 aromatic carbocycles. The number of fused-ring (bicyclic) bond motifs is 1. The average Bonchev–Trinajstić information content (AvgIpc) is 2.99. The molecule has 0 radical (unpaired) electrons. The van der Waals surface area contributed by atoms with Crippen LogP contribution in [-0.2, 0) is 6.54 Å². The van der Waals surface area contributed by atoms with Crippen molar-refractivity contribution in [2.24, 2.45) is 0 Å². The molecule has 120 valence electrons. The van der Waals surface area contributed by atoms with Gasteiger partial charge in [0.2, 0.25) is 0 Å². The van der Waals surface area contributed by atoms with E-state index in [2.05, 4.69) is 10.3 Å². The normalized spacial score (nSPS) is 14.4. The summed E-state index contributed by atoms with van der Waals surface area (Å²) in [5.41, 5.74) is -0.521. The maximum absolute atomic E-state index is 13.7. The van der Waals surface area contributed by atoms with Gasteiger partial charge >= 0.3 is 0 Å². The van der Waals surface area contributed by atoms with E-state index in [1.54, 1.807) is 0 Å². The number of nitrogens with one attached hydrogen (secondary N) is 1. The van der Waals surface area contributed by atoms with Crippen molar-refractivity contribution < 1.29 is 13.6 Å². The molecule has 0 bridgehead atoms. The predicted molar refractivity (Wildman–Crippen MR) is 81.5 cm³/mol. The molecular formula is C15H13F2N3O2S. The van der Waals surface area contributed by atoms with E-state index < -0.39 is 29.1 Å². The Labute approximate surface area is 134 Å². The van der Waals surface area contributed by atoms with Crippen molar-refractivity contribution in [1.82, 2.24) is 14.9 Å². The Balaban J connectivity index is 1.85. The van der Waals surface area contributed by atoms with Gasteiger partial charge in [0.05, 0.1) is 6.04 Å². The van der Waals surface area contributed by atoms with Gasteiger partial charge in [-0.1, -0.05) is 11.8 Å². The molecule has 23 heavy (non-hydrogen) atoms. The second kappa shape index (κ2) is 6.11. The van der Waals surface area contributed by atoms with Crippen molar-refractivity contribution in [1.29, 1.82) is 0 Å². The lowest BCUT2D eigenvalue weighted by Gasteiger charge is -2.15. The summed E-state index contributed by atoms with van der Waals surface area (Å²) in [6.45, 7) is 2.02. The molecular weight excluding hydrogens is 324 g/mol. The summed E-state index contributed by atoms with van der Waals surface area (Å²) in [7, 11) is 0. The highest BCUT2D eigenvalue weighted by atomic mass is 32.2. The van der Waals surface area contributed by atoms with Crippen LogP contribution in [0, 0.1) is 11.6 Å². The molecule has 1 atom stereocenters. The van der Waals surface area contributed by atoms with Gasteiger partial charge in [-0.05, 0) is 25.1 Å². The third-order valence-electron chi connectivity index (χ3n) is 3.57. The van der Waals surface area contributed by atoms with Crippen LogP contribution in [0.2, 0.25) is 0 Å². The van der Waals surface area contributed by atoms with Crippen LogP contribution in [0.3, 0.4) is 0 Å². The van der Waals surface area contributed by atoms with E-state index in [0.29, 0.717) is 11.7 Å². The quantitative estimate of drug-likeness (QED) is 0.872. The fourth-order valence-electron chi connectivity index (χ4n) is 2.37. The highest BCUT2D eigenvalue weighted by Crippen LogP contribution is 2.21. The lowest BCUT2D eigenvalue weighted by Crippen LogP contribution is -2.35. The minimum atomic E-state index is -0.787. The van der Waals surface area contributed by atoms with Gasteiger partial charge in [0, 0.05) is 24.1 Å². The number of halogens is 2. The number of aromatic nitrogens is 2. The molecule has 1 amide bonds. The van der Waals surface area contributed by atoms with Crippen molar-refractivity contribution in [3.8, 4) is 0 Å². The van der Waals surface area contributed by atoms with Crippen molar-refractivity contribution >= 4 is 17.7 Å². The molecule has 2 aromatic rings. The number of thioether (sulfide) groups is 1. The molecule has 2 heterocycles. The maximum Gasteiger partial charge on any atom is 0.267 e. The lowest BCUT2D eigenvalue weighted by atomic mass is 10.1. The van der Waals surface area contributed by atoms with Gasteiger partial charge in [-0.15, -0.1) is 0 Å². The maximum atomic E-state index is 13.7. The molecule has 1 aromatic heterocycles. The third kappa shape index (κ3) is 2.98. The van der Waals surface area contributed by atoms with E-state index in [1.807, 2.05) is 0 Å². The van der Waals surface area contributed by atoms with Gasteiger partial charge in [-0.2, -0.15) is 0 Å². The number of rotatable bonds is 3. The monoisotopic (exact) mass is 337 g/mol. The van der Waals surface area contributed by atoms with E-state index >= 15 is 0 Å². The molecule has 5 nitrogen and oxygen atoms in total. The first kappa shape index (κ1) is 15.7. The first-order valence-electron chi connectivity index (χ1n) is 6.96. The number of carbonyl (C=O) groups excluding carboxylic acids is 1. The zero-order valence-corrected chi connectivity index (χ0v) is 13.0. The van der Waals surface area contributed by atoms with Crippen LogP contribution in [0.15, 0.2) is 34.3 Å². The van der Waals surface area contributed by atoms with Crippen LogP contribution >= 0.6 is 11.8 Å². The Hall–Kier alpha value is -2.22. The van der Waals surface area contributed by atoms with Crippen LogP contribution in [0.25, 0.3) is 0 Å². The zero-order chi connectivity index (χ0) is 16.6. The summed E-state index contributed by atoms with van der Waals surface area (Å²) in [6, 6.07) is 2.23. The molecule has 0 saturated carbocycles. The molecule has 1 aliphatic rings. The number of hydrogen-bond donors (Lipinski definition) is 1. The van der Waals surface area contributed by atoms with Crippen LogP contribution < -0.4 is 10.9 Å². The highest BCUT2D eigenvalue weighted by molar-refractivity contribution is 7.99. The fraction of sp³-hybridized carbons (Fsp3) is 0.267. The third-order valence-corrected chi connectivity index (χ3v) is 4.54. The van der Waals surface area contributed by atoms with E-state index in [9.17, 15) is 18.4 Å². The second-order valence-electron chi connectivity index (χ2n) is 5.12. The molecule has 1 N–H and O–H groups in total. The highest BCUT2D eigenvalue weighted by Gasteiger charge is 2.22. The Morgan fingerprint density at radius 2 is 2.22 bits per heavy atom. The topological polar surface area (TPSA) is 64.0 Å². The summed E-state index contributed by atoms with van der Waals surface area (Å²) >= 11 is 1.45. The minimum Gasteiger partial charge on any atom is -0.345 e. The predicted octanol–water partition coefficient (Wildman–Crippen LogP) is 2.12. The van der Waals surface area contributed by atoms with Crippen molar-refractivity contribution in [2.45, 2.75) is 24.7 Å². The van der Waals surface area contributed by atoms with Crippen molar-refractivity contribution in [2.75, 3.05) is 5.75 Å². The molecule has 0 fully saturated rings. The molecule has 1 unspecified atom stereocenters. The van der Waals surface area contributed by atoms with E-state index in [1.165, 1.54) is 29.4 Å². The Kier molecular flexibility index (Phi) is 4.16. The number of hydrogen-bond acceptors (Lipinski definition) is 4.